The molecule has 2 aromatic heterocycles. The molecule has 0 spiro atoms. The van der Waals surface area contributed by atoms with Crippen LogP contribution in [-0.2, 0) is 7.05 Å². The van der Waals surface area contributed by atoms with Crippen molar-refractivity contribution in [1.82, 2.24) is 14.1 Å². The van der Waals surface area contributed by atoms with Crippen molar-refractivity contribution in [2.45, 2.75) is 38.1 Å². The van der Waals surface area contributed by atoms with Crippen molar-refractivity contribution in [3.8, 4) is 0 Å². The van der Waals surface area contributed by atoms with Gasteiger partial charge >= 0.3 is 0 Å². The topological polar surface area (TPSA) is 46.6 Å². The minimum absolute atomic E-state index is 0.502. The summed E-state index contributed by atoms with van der Waals surface area (Å²) in [5.74, 6) is 0. The summed E-state index contributed by atoms with van der Waals surface area (Å²) in [6.07, 6.45) is 10.2. The highest BCUT2D eigenvalue weighted by atomic mass is 15.1. The van der Waals surface area contributed by atoms with Crippen molar-refractivity contribution >= 4 is 11.0 Å². The summed E-state index contributed by atoms with van der Waals surface area (Å²) in [7, 11) is 1.97. The molecule has 0 atom stereocenters. The number of hydrogen-bond acceptors (Lipinski definition) is 2. The second-order valence-corrected chi connectivity index (χ2v) is 4.95. The third-order valence-electron chi connectivity index (χ3n) is 3.83. The van der Waals surface area contributed by atoms with Crippen LogP contribution in [0.2, 0.25) is 0 Å². The first kappa shape index (κ1) is 10.6. The minimum Gasteiger partial charge on any atom is -0.334 e. The molecule has 90 valence electrons. The van der Waals surface area contributed by atoms with E-state index in [0.717, 1.165) is 11.0 Å². The minimum atomic E-state index is 0.502. The molecule has 3 rings (SSSR count). The van der Waals surface area contributed by atoms with Crippen molar-refractivity contribution in [1.29, 1.82) is 5.41 Å². The molecule has 2 heterocycles. The molecule has 1 fully saturated rings. The Bertz CT molecular complexity index is 587. The van der Waals surface area contributed by atoms with Gasteiger partial charge in [-0.3, -0.25) is 5.41 Å². The lowest BCUT2D eigenvalue weighted by atomic mass is 9.95. The zero-order valence-corrected chi connectivity index (χ0v) is 10.2. The van der Waals surface area contributed by atoms with E-state index in [9.17, 15) is 0 Å². The number of hydrogen-bond donors (Lipinski definition) is 1. The summed E-state index contributed by atoms with van der Waals surface area (Å²) < 4.78 is 4.08. The maximum absolute atomic E-state index is 8.28. The third kappa shape index (κ3) is 1.68. The Morgan fingerprint density at radius 1 is 1.29 bits per heavy atom. The molecule has 1 aliphatic rings. The van der Waals surface area contributed by atoms with Crippen LogP contribution < -0.4 is 5.49 Å². The van der Waals surface area contributed by atoms with Gasteiger partial charge in [-0.25, -0.2) is 4.98 Å². The van der Waals surface area contributed by atoms with Crippen LogP contribution in [0, 0.1) is 5.41 Å². The highest BCUT2D eigenvalue weighted by Crippen LogP contribution is 2.27. The Morgan fingerprint density at radius 2 is 2.06 bits per heavy atom. The summed E-state index contributed by atoms with van der Waals surface area (Å²) in [5, 5.41) is 8.28. The molecule has 0 amide bonds. The van der Waals surface area contributed by atoms with E-state index in [1.807, 2.05) is 11.6 Å². The van der Waals surface area contributed by atoms with E-state index in [4.69, 9.17) is 5.41 Å². The Labute approximate surface area is 100 Å². The van der Waals surface area contributed by atoms with Crippen molar-refractivity contribution in [2.75, 3.05) is 0 Å². The molecule has 0 saturated heterocycles. The Morgan fingerprint density at radius 3 is 2.82 bits per heavy atom. The standard InChI is InChI=1S/C13H18N4/c1-16-9-15-12-11(16)7-8-17(13(12)14)10-5-3-2-4-6-10/h7-10,14H,2-6H2,1H3. The zero-order chi connectivity index (χ0) is 11.8. The SMILES string of the molecule is Cn1cnc2c(=N)n(C3CCCCC3)ccc21. The van der Waals surface area contributed by atoms with Crippen LogP contribution in [0.1, 0.15) is 38.1 Å². The number of nitrogens with zero attached hydrogens (tertiary/aromatic N) is 3. The van der Waals surface area contributed by atoms with Gasteiger partial charge in [0, 0.05) is 19.3 Å². The van der Waals surface area contributed by atoms with Gasteiger partial charge in [0.2, 0.25) is 0 Å². The largest absolute Gasteiger partial charge is 0.334 e. The molecule has 2 aromatic rings. The van der Waals surface area contributed by atoms with Crippen LogP contribution in [0.25, 0.3) is 11.0 Å². The molecule has 0 aliphatic heterocycles. The number of aryl methyl sites for hydroxylation is 1. The van der Waals surface area contributed by atoms with Gasteiger partial charge < -0.3 is 9.13 Å². The number of fused-ring (bicyclic) bond motifs is 1. The van der Waals surface area contributed by atoms with Gasteiger partial charge in [0.15, 0.2) is 5.49 Å². The fourth-order valence-corrected chi connectivity index (χ4v) is 2.83. The third-order valence-corrected chi connectivity index (χ3v) is 3.83. The zero-order valence-electron chi connectivity index (χ0n) is 10.2. The first-order valence-corrected chi connectivity index (χ1v) is 6.34. The molecule has 17 heavy (non-hydrogen) atoms. The molecule has 0 aromatic carbocycles. The first-order chi connectivity index (χ1) is 8.27. The highest BCUT2D eigenvalue weighted by molar-refractivity contribution is 5.73. The van der Waals surface area contributed by atoms with E-state index in [1.165, 1.54) is 32.1 Å². The van der Waals surface area contributed by atoms with Gasteiger partial charge in [-0.15, -0.1) is 0 Å². The maximum atomic E-state index is 8.28. The van der Waals surface area contributed by atoms with E-state index in [-0.39, 0.29) is 0 Å². The summed E-state index contributed by atoms with van der Waals surface area (Å²) in [6, 6.07) is 2.58. The van der Waals surface area contributed by atoms with Crippen molar-refractivity contribution in [3.05, 3.63) is 24.1 Å². The summed E-state index contributed by atoms with van der Waals surface area (Å²) in [4.78, 5) is 4.33. The van der Waals surface area contributed by atoms with Gasteiger partial charge in [0.1, 0.15) is 5.52 Å². The van der Waals surface area contributed by atoms with Crippen LogP contribution in [0.4, 0.5) is 0 Å². The fourth-order valence-electron chi connectivity index (χ4n) is 2.83. The van der Waals surface area contributed by atoms with Gasteiger partial charge in [-0.2, -0.15) is 0 Å². The van der Waals surface area contributed by atoms with E-state index in [2.05, 4.69) is 21.8 Å². The molecule has 0 radical (unpaired) electrons. The van der Waals surface area contributed by atoms with E-state index in [1.54, 1.807) is 6.33 Å². The molecule has 0 bridgehead atoms. The lowest BCUT2D eigenvalue weighted by Gasteiger charge is -2.24. The molecular weight excluding hydrogens is 212 g/mol. The molecule has 4 heteroatoms. The fraction of sp³-hybridized carbons (Fsp3) is 0.538. The highest BCUT2D eigenvalue weighted by Gasteiger charge is 2.16. The van der Waals surface area contributed by atoms with Gasteiger partial charge in [0.25, 0.3) is 0 Å². The number of imidazole rings is 1. The Hall–Kier alpha value is -1.58. The molecule has 0 unspecified atom stereocenters. The molecule has 1 aliphatic carbocycles. The predicted octanol–water partition coefficient (Wildman–Crippen LogP) is 2.36. The van der Waals surface area contributed by atoms with E-state index in [0.29, 0.717) is 11.5 Å². The lowest BCUT2D eigenvalue weighted by Crippen LogP contribution is -2.26. The normalized spacial score (nSPS) is 17.7. The van der Waals surface area contributed by atoms with Crippen LogP contribution in [0.5, 0.6) is 0 Å². The lowest BCUT2D eigenvalue weighted by molar-refractivity contribution is 0.344. The summed E-state index contributed by atoms with van der Waals surface area (Å²) in [5.41, 5.74) is 2.43. The Kier molecular flexibility index (Phi) is 2.50. The van der Waals surface area contributed by atoms with Crippen molar-refractivity contribution < 1.29 is 0 Å². The van der Waals surface area contributed by atoms with Gasteiger partial charge in [-0.1, -0.05) is 19.3 Å². The van der Waals surface area contributed by atoms with E-state index >= 15 is 0 Å². The van der Waals surface area contributed by atoms with Crippen LogP contribution in [0.3, 0.4) is 0 Å². The second-order valence-electron chi connectivity index (χ2n) is 4.95. The average Bonchev–Trinajstić information content (AvgIpc) is 2.74. The van der Waals surface area contributed by atoms with Crippen LogP contribution in [-0.4, -0.2) is 14.1 Å². The number of aromatic nitrogens is 3. The van der Waals surface area contributed by atoms with Crippen molar-refractivity contribution in [2.24, 2.45) is 7.05 Å². The Balaban J connectivity index is 2.11. The van der Waals surface area contributed by atoms with Gasteiger partial charge in [0.05, 0.1) is 11.8 Å². The molecule has 4 nitrogen and oxygen atoms in total. The molecule has 1 N–H and O–H groups in total. The van der Waals surface area contributed by atoms with Crippen molar-refractivity contribution in [3.63, 3.8) is 0 Å². The molecular formula is C13H18N4. The number of pyridine rings is 1. The maximum Gasteiger partial charge on any atom is 0.153 e. The summed E-state index contributed by atoms with van der Waals surface area (Å²) in [6.45, 7) is 0. The quantitative estimate of drug-likeness (QED) is 0.803. The molecule has 1 saturated carbocycles. The summed E-state index contributed by atoms with van der Waals surface area (Å²) >= 11 is 0. The first-order valence-electron chi connectivity index (χ1n) is 6.34. The predicted molar refractivity (Wildman–Crippen MR) is 66.7 cm³/mol. The number of nitrogens with one attached hydrogen (secondary N) is 1. The van der Waals surface area contributed by atoms with E-state index < -0.39 is 0 Å². The number of rotatable bonds is 1. The van der Waals surface area contributed by atoms with Gasteiger partial charge in [-0.05, 0) is 18.9 Å². The average molecular weight is 230 g/mol. The second kappa shape index (κ2) is 4.02. The monoisotopic (exact) mass is 230 g/mol. The smallest absolute Gasteiger partial charge is 0.153 e. The van der Waals surface area contributed by atoms with Crippen LogP contribution in [0.15, 0.2) is 18.6 Å². The van der Waals surface area contributed by atoms with Crippen LogP contribution >= 0.6 is 0 Å².